The predicted molar refractivity (Wildman–Crippen MR) is 238 cm³/mol. The highest BCUT2D eigenvalue weighted by atomic mass is 15.0. The van der Waals surface area contributed by atoms with Gasteiger partial charge in [-0.25, -0.2) is 0 Å². The van der Waals surface area contributed by atoms with Gasteiger partial charge < -0.3 is 4.57 Å². The van der Waals surface area contributed by atoms with E-state index in [1.807, 2.05) is 32.0 Å². The molecule has 0 fully saturated rings. The summed E-state index contributed by atoms with van der Waals surface area (Å²) in [6, 6.07) is 62.5. The first-order valence-electron chi connectivity index (χ1n) is 19.5. The molecule has 0 saturated heterocycles. The van der Waals surface area contributed by atoms with Gasteiger partial charge in [0.05, 0.1) is 11.1 Å². The maximum absolute atomic E-state index is 6.19. The molecule has 0 aliphatic carbocycles. The number of benzene rings is 7. The van der Waals surface area contributed by atoms with Crippen LogP contribution in [0.5, 0.6) is 0 Å². The number of aromatic nitrogens is 1. The average Bonchev–Trinajstić information content (AvgIpc) is 3.56. The molecular weight excluding hydrogens is 663 g/mol. The van der Waals surface area contributed by atoms with Crippen molar-refractivity contribution >= 4 is 10.9 Å². The molecule has 272 valence electrons. The number of aryl methyl sites for hydroxylation is 4. The Kier molecular flexibility index (Phi) is 13.0. The van der Waals surface area contributed by atoms with E-state index in [4.69, 9.17) is 6.42 Å². The van der Waals surface area contributed by atoms with E-state index >= 15 is 0 Å². The van der Waals surface area contributed by atoms with Crippen molar-refractivity contribution in [2.45, 2.75) is 53.9 Å². The highest BCUT2D eigenvalue weighted by Gasteiger charge is 2.17. The first-order chi connectivity index (χ1) is 27.0. The summed E-state index contributed by atoms with van der Waals surface area (Å²) < 4.78 is 2.37. The Hall–Kier alpha value is -6.36. The molecule has 1 nitrogen and oxygen atoms in total. The monoisotopic (exact) mass is 713 g/mol. The summed E-state index contributed by atoms with van der Waals surface area (Å²) in [6.07, 6.45) is 9.06. The first kappa shape index (κ1) is 38.4. The van der Waals surface area contributed by atoms with Crippen LogP contribution in [0.15, 0.2) is 176 Å². The summed E-state index contributed by atoms with van der Waals surface area (Å²) >= 11 is 0. The molecule has 0 saturated carbocycles. The first-order valence-corrected chi connectivity index (χ1v) is 19.5. The maximum atomic E-state index is 6.19. The van der Waals surface area contributed by atoms with Gasteiger partial charge in [-0.3, -0.25) is 0 Å². The summed E-state index contributed by atoms with van der Waals surface area (Å²) in [5.74, 6) is 3.05. The van der Waals surface area contributed by atoms with E-state index in [-0.39, 0.29) is 0 Å². The van der Waals surface area contributed by atoms with Gasteiger partial charge in [0.15, 0.2) is 0 Å². The fourth-order valence-electron chi connectivity index (χ4n) is 7.30. The van der Waals surface area contributed by atoms with E-state index in [0.29, 0.717) is 0 Å². The van der Waals surface area contributed by atoms with Crippen molar-refractivity contribution in [1.29, 1.82) is 0 Å². The predicted octanol–water partition coefficient (Wildman–Crippen LogP) is 14.4. The summed E-state index contributed by atoms with van der Waals surface area (Å²) in [7, 11) is 0. The molecule has 0 unspecified atom stereocenters. The van der Waals surface area contributed by atoms with Gasteiger partial charge in [-0.1, -0.05) is 183 Å². The minimum Gasteiger partial charge on any atom is -0.312 e. The lowest BCUT2D eigenvalue weighted by Gasteiger charge is -2.15. The standard InChI is InChI=1S/C45H37N.C7H8.C2H6/c1-4-40-42-19-11-12-20-45(42)46(39-27-24-37(25-28-39)35-15-7-5-8-16-35)44(40)21-13-14-34-23-22-32(2)43(31-34)41-29-26-38(30-33(41)3)36-17-9-6-10-18-36;1-7-5-3-2-4-6-7;1-2/h1,5-12,15-20,22-31H,13-14,21H2,2-3H3;2-6H,1H3;1-2H3. The molecule has 1 heterocycles. The Bertz CT molecular complexity index is 2480. The third kappa shape index (κ3) is 9.06. The number of hydrogen-bond acceptors (Lipinski definition) is 0. The van der Waals surface area contributed by atoms with Crippen LogP contribution in [0.3, 0.4) is 0 Å². The Morgan fingerprint density at radius 3 is 1.65 bits per heavy atom. The summed E-state index contributed by atoms with van der Waals surface area (Å²) in [5, 5.41) is 1.14. The molecule has 1 aromatic heterocycles. The van der Waals surface area contributed by atoms with E-state index in [0.717, 1.165) is 41.4 Å². The number of fused-ring (bicyclic) bond motifs is 1. The van der Waals surface area contributed by atoms with Crippen LogP contribution in [0.25, 0.3) is 50.0 Å². The van der Waals surface area contributed by atoms with Gasteiger partial charge in [0, 0.05) is 16.8 Å². The molecule has 0 radical (unpaired) electrons. The molecule has 0 bridgehead atoms. The minimum absolute atomic E-state index is 0.892. The topological polar surface area (TPSA) is 4.93 Å². The Morgan fingerprint density at radius 2 is 1.05 bits per heavy atom. The molecule has 8 rings (SSSR count). The third-order valence-corrected chi connectivity index (χ3v) is 10.1. The molecule has 0 N–H and O–H groups in total. The van der Waals surface area contributed by atoms with Crippen LogP contribution in [0.2, 0.25) is 0 Å². The highest BCUT2D eigenvalue weighted by molar-refractivity contribution is 5.90. The number of terminal acetylenes is 1. The van der Waals surface area contributed by atoms with Crippen LogP contribution < -0.4 is 0 Å². The minimum atomic E-state index is 0.892. The van der Waals surface area contributed by atoms with E-state index < -0.39 is 0 Å². The van der Waals surface area contributed by atoms with Crippen molar-refractivity contribution in [2.24, 2.45) is 0 Å². The Morgan fingerprint density at radius 1 is 0.491 bits per heavy atom. The van der Waals surface area contributed by atoms with E-state index in [1.165, 1.54) is 61.3 Å². The molecule has 8 aromatic rings. The lowest BCUT2D eigenvalue weighted by Crippen LogP contribution is -2.03. The second kappa shape index (κ2) is 18.6. The van der Waals surface area contributed by atoms with Crippen LogP contribution in [0.1, 0.15) is 53.8 Å². The van der Waals surface area contributed by atoms with Gasteiger partial charge in [-0.05, 0) is 108 Å². The normalized spacial score (nSPS) is 10.5. The maximum Gasteiger partial charge on any atom is 0.0544 e. The van der Waals surface area contributed by atoms with Crippen LogP contribution in [0, 0.1) is 33.1 Å². The number of hydrogen-bond donors (Lipinski definition) is 0. The molecule has 0 atom stereocenters. The van der Waals surface area contributed by atoms with Gasteiger partial charge in [-0.2, -0.15) is 0 Å². The zero-order valence-corrected chi connectivity index (χ0v) is 32.9. The lowest BCUT2D eigenvalue weighted by atomic mass is 9.91. The molecule has 1 heteroatoms. The number of nitrogens with zero attached hydrogens (tertiary/aromatic N) is 1. The molecular formula is C54H51N. The van der Waals surface area contributed by atoms with Crippen molar-refractivity contribution in [1.82, 2.24) is 4.57 Å². The van der Waals surface area contributed by atoms with E-state index in [9.17, 15) is 0 Å². The Labute approximate surface area is 329 Å². The number of para-hydroxylation sites is 1. The van der Waals surface area contributed by atoms with Crippen LogP contribution >= 0.6 is 0 Å². The van der Waals surface area contributed by atoms with E-state index in [2.05, 4.69) is 189 Å². The van der Waals surface area contributed by atoms with Crippen molar-refractivity contribution in [3.05, 3.63) is 209 Å². The zero-order chi connectivity index (χ0) is 38.6. The molecule has 55 heavy (non-hydrogen) atoms. The largest absolute Gasteiger partial charge is 0.312 e. The van der Waals surface area contributed by atoms with Gasteiger partial charge in [0.1, 0.15) is 0 Å². The van der Waals surface area contributed by atoms with Crippen molar-refractivity contribution in [3.63, 3.8) is 0 Å². The van der Waals surface area contributed by atoms with Crippen molar-refractivity contribution in [3.8, 4) is 51.4 Å². The van der Waals surface area contributed by atoms with Crippen LogP contribution in [-0.2, 0) is 12.8 Å². The zero-order valence-electron chi connectivity index (χ0n) is 32.9. The molecule has 0 aliphatic rings. The van der Waals surface area contributed by atoms with Crippen LogP contribution in [-0.4, -0.2) is 4.57 Å². The second-order valence-electron chi connectivity index (χ2n) is 13.8. The van der Waals surface area contributed by atoms with Gasteiger partial charge in [-0.15, -0.1) is 6.42 Å². The smallest absolute Gasteiger partial charge is 0.0544 e. The molecule has 7 aromatic carbocycles. The van der Waals surface area contributed by atoms with Gasteiger partial charge in [0.2, 0.25) is 0 Å². The van der Waals surface area contributed by atoms with E-state index in [1.54, 1.807) is 0 Å². The van der Waals surface area contributed by atoms with Crippen molar-refractivity contribution < 1.29 is 0 Å². The lowest BCUT2D eigenvalue weighted by molar-refractivity contribution is 0.783. The molecule has 0 amide bonds. The fourth-order valence-corrected chi connectivity index (χ4v) is 7.30. The third-order valence-electron chi connectivity index (χ3n) is 10.1. The summed E-state index contributed by atoms with van der Waals surface area (Å²) in [6.45, 7) is 10.5. The summed E-state index contributed by atoms with van der Waals surface area (Å²) in [5.41, 5.74) is 17.3. The SMILES string of the molecule is C#Cc1c(CCCc2ccc(C)c(-c3ccc(-c4ccccc4)cc3C)c2)n(-c2ccc(-c3ccccc3)cc2)c2ccccc12.CC.Cc1ccccc1. The number of rotatable bonds is 8. The average molecular weight is 714 g/mol. The van der Waals surface area contributed by atoms with Gasteiger partial charge >= 0.3 is 0 Å². The molecule has 0 spiro atoms. The van der Waals surface area contributed by atoms with Crippen LogP contribution in [0.4, 0.5) is 0 Å². The Balaban J connectivity index is 0.000000509. The highest BCUT2D eigenvalue weighted by Crippen LogP contribution is 2.34. The second-order valence-corrected chi connectivity index (χ2v) is 13.8. The fraction of sp³-hybridized carbons (Fsp3) is 0.148. The summed E-state index contributed by atoms with van der Waals surface area (Å²) in [4.78, 5) is 0. The van der Waals surface area contributed by atoms with Gasteiger partial charge in [0.25, 0.3) is 0 Å². The van der Waals surface area contributed by atoms with Crippen molar-refractivity contribution in [2.75, 3.05) is 0 Å². The quantitative estimate of drug-likeness (QED) is 0.138. The molecule has 0 aliphatic heterocycles.